The molecule has 12 rings (SSSR count). The van der Waals surface area contributed by atoms with Crippen molar-refractivity contribution < 1.29 is 118 Å². The summed E-state index contributed by atoms with van der Waals surface area (Å²) in [5.74, 6) is -10.9. The smallest absolute Gasteiger partial charge is 0.328 e. The van der Waals surface area contributed by atoms with Crippen LogP contribution in [0.25, 0.3) is 0 Å². The second-order valence-electron chi connectivity index (χ2n) is 36.8. The second-order valence-corrected chi connectivity index (χ2v) is 36.8. The van der Waals surface area contributed by atoms with E-state index in [1.165, 1.54) is 9.80 Å². The summed E-state index contributed by atoms with van der Waals surface area (Å²) in [6.45, 7) is -1.03. The van der Waals surface area contributed by atoms with Gasteiger partial charge < -0.3 is 126 Å². The molecular weight excluding hydrogens is 1910 g/mol. The van der Waals surface area contributed by atoms with Crippen LogP contribution < -0.4 is 70.4 Å². The van der Waals surface area contributed by atoms with Crippen molar-refractivity contribution in [2.24, 2.45) is 17.2 Å². The van der Waals surface area contributed by atoms with E-state index >= 15 is 0 Å². The summed E-state index contributed by atoms with van der Waals surface area (Å²) in [7, 11) is 0. The molecule has 0 saturated carbocycles. The number of aliphatic hydroxyl groups is 4. The lowest BCUT2D eigenvalue weighted by molar-refractivity contribution is -0.150. The molecule has 40 nitrogen and oxygen atoms in total. The fourth-order valence-electron chi connectivity index (χ4n) is 17.8. The van der Waals surface area contributed by atoms with Crippen LogP contribution in [-0.4, -0.2) is 300 Å². The molecule has 4 heterocycles. The van der Waals surface area contributed by atoms with Gasteiger partial charge in [0.2, 0.25) is 70.9 Å². The zero-order valence-electron chi connectivity index (χ0n) is 82.3. The van der Waals surface area contributed by atoms with Crippen molar-refractivity contribution in [1.29, 1.82) is 0 Å². The number of hydrogen-bond acceptors (Lipinski definition) is 24. The molecule has 16 unspecified atom stereocenters. The first kappa shape index (κ1) is 117. The van der Waals surface area contributed by atoms with E-state index in [4.69, 9.17) is 17.2 Å². The molecule has 0 radical (unpaired) electrons. The van der Waals surface area contributed by atoms with Crippen LogP contribution in [0.15, 0.2) is 243 Å². The van der Waals surface area contributed by atoms with Crippen LogP contribution in [0.3, 0.4) is 0 Å². The molecule has 4 aliphatic rings. The number of nitrogens with one attached hydrogen (secondary N) is 10. The Morgan fingerprint density at radius 1 is 0.291 bits per heavy atom. The highest BCUT2D eigenvalue weighted by atomic mass is 16.4. The van der Waals surface area contributed by atoms with E-state index in [0.29, 0.717) is 70.8 Å². The van der Waals surface area contributed by atoms with Crippen LogP contribution in [-0.2, 0) is 128 Å². The second kappa shape index (κ2) is 61.4. The van der Waals surface area contributed by atoms with Gasteiger partial charge in [-0.05, 0) is 135 Å². The molecule has 40 heteroatoms. The number of aliphatic carboxylic acids is 4. The van der Waals surface area contributed by atoms with E-state index in [1.807, 2.05) is 182 Å². The number of likely N-dealkylation sites (tertiary alicyclic amines) is 3. The molecular formula is C108H136N16O24. The van der Waals surface area contributed by atoms with Crippen LogP contribution in [0.1, 0.15) is 122 Å². The molecule has 24 N–H and O–H groups in total. The minimum Gasteiger partial charge on any atom is -0.481 e. The summed E-state index contributed by atoms with van der Waals surface area (Å²) in [6.07, 6.45) is 6.23. The van der Waals surface area contributed by atoms with Crippen LogP contribution in [0.4, 0.5) is 0 Å². The molecule has 12 amide bonds. The van der Waals surface area contributed by atoms with E-state index in [9.17, 15) is 118 Å². The molecule has 4 saturated heterocycles. The zero-order valence-corrected chi connectivity index (χ0v) is 82.3. The number of carbonyl (C=O) groups is 16. The van der Waals surface area contributed by atoms with E-state index in [-0.39, 0.29) is 76.4 Å². The van der Waals surface area contributed by atoms with Crippen molar-refractivity contribution in [2.45, 2.75) is 225 Å². The number of carbonyl (C=O) groups excluding carboxylic acids is 12. The first-order chi connectivity index (χ1) is 71.2. The minimum atomic E-state index is -1.49. The number of hydrogen-bond donors (Lipinski definition) is 21. The van der Waals surface area contributed by atoms with Crippen molar-refractivity contribution in [1.82, 2.24) is 67.9 Å². The van der Waals surface area contributed by atoms with E-state index in [2.05, 4.69) is 53.2 Å². The summed E-state index contributed by atoms with van der Waals surface area (Å²) in [5, 5.41) is 103. The number of benzene rings is 8. The summed E-state index contributed by atoms with van der Waals surface area (Å²) >= 11 is 0. The Morgan fingerprint density at radius 3 is 0.939 bits per heavy atom. The van der Waals surface area contributed by atoms with Gasteiger partial charge >= 0.3 is 23.9 Å². The van der Waals surface area contributed by atoms with Crippen LogP contribution >= 0.6 is 0 Å². The Bertz CT molecular complexity index is 5600. The molecule has 0 spiro atoms. The highest BCUT2D eigenvalue weighted by Crippen LogP contribution is 2.25. The average Bonchev–Trinajstić information content (AvgIpc) is 1.69. The van der Waals surface area contributed by atoms with Gasteiger partial charge in [0.1, 0.15) is 60.4 Å². The number of carboxylic acids is 4. The van der Waals surface area contributed by atoms with Crippen LogP contribution in [0.5, 0.6) is 0 Å². The molecule has 792 valence electrons. The van der Waals surface area contributed by atoms with Crippen LogP contribution in [0, 0.1) is 0 Å². The standard InChI is InChI=1S/4C27H34N4O6/c28-21(17-32)26(35)31-13-7-12-23(31)25(34)29-20(14-18-8-3-1-4-9-18)16-24(33)30-22(27(36)37)15-19-10-5-2-6-11-19;28-21(15-19-10-5-2-6-11-19)25(35)30-22(17-32)27(37)31-13-7-12-23(31)26(36)29-20(16-24(33)34)14-18-8-3-1-4-9-18;28-20(14-18-8-3-1-4-9-18)16-24(33)29-21(15-19-10-5-2-6-11-19)25(34)30-22(17-32)26(35)31-13-7-12-23(31)27(36)37;32-17-23(27(36)37)31-26(35)22(15-19-10-5-2-6-11-19)30-24(33)16-20(14-18-8-3-1-4-9-18)29-25(34)21-12-7-13-28-21/h1-6,8-11,20-23,32H,7,12-17,28H2,(H,29,34)(H,30,33)(H,36,37);1-6,8-11,20-23,32H,7,12-17,28H2,(H,29,36)(H,30,35)(H,33,34);1-6,8-11,20-23,32H,7,12-17,28H2,(H,29,33)(H,30,34)(H,36,37);1-6,8-11,20-23,28,32H,7,12-17H2,(H,29,34)(H,30,33)(H,31,35)(H,36,37). The third-order valence-corrected chi connectivity index (χ3v) is 25.3. The third-order valence-electron chi connectivity index (χ3n) is 25.3. The van der Waals surface area contributed by atoms with Gasteiger partial charge in [0, 0.05) is 82.3 Å². The number of rotatable bonds is 49. The van der Waals surface area contributed by atoms with Gasteiger partial charge in [-0.1, -0.05) is 243 Å². The molecule has 4 fully saturated rings. The summed E-state index contributed by atoms with van der Waals surface area (Å²) in [5.41, 5.74) is 24.8. The van der Waals surface area contributed by atoms with Crippen LogP contribution in [0.2, 0.25) is 0 Å². The Morgan fingerprint density at radius 2 is 0.595 bits per heavy atom. The third kappa shape index (κ3) is 39.1. The Balaban J connectivity index is 0.000000219. The van der Waals surface area contributed by atoms with Crippen molar-refractivity contribution in [3.8, 4) is 0 Å². The number of aliphatic hydroxyl groups excluding tert-OH is 4. The quantitative estimate of drug-likeness (QED) is 0.0251. The predicted molar refractivity (Wildman–Crippen MR) is 545 cm³/mol. The van der Waals surface area contributed by atoms with Crippen molar-refractivity contribution in [3.05, 3.63) is 287 Å². The summed E-state index contributed by atoms with van der Waals surface area (Å²) in [4.78, 5) is 205. The maximum absolute atomic E-state index is 13.2. The molecule has 0 aromatic heterocycles. The molecule has 0 aliphatic carbocycles. The number of amides is 12. The molecule has 4 aliphatic heterocycles. The SMILES string of the molecule is NC(CC(=O)NC(Cc1ccccc1)C(=O)NC(CO)C(=O)N1CCCC1C(=O)O)Cc1ccccc1.NC(CO)C(=O)N1CCCC1C(=O)NC(CC(=O)NC(Cc1ccccc1)C(=O)O)Cc1ccccc1.NC(Cc1ccccc1)C(=O)NC(CO)C(=O)N1CCCC1C(=O)NC(CC(=O)O)Cc1ccccc1.O=C(CC(Cc1ccccc1)NC(=O)C1CCCN1)NC(Cc1ccccc1)C(=O)NC(CO)C(=O)O. The highest BCUT2D eigenvalue weighted by molar-refractivity contribution is 5.97. The number of nitrogens with zero attached hydrogens (tertiary/aromatic N) is 3. The molecule has 16 atom stereocenters. The predicted octanol–water partition coefficient (Wildman–Crippen LogP) is 0.825. The lowest BCUT2D eigenvalue weighted by Gasteiger charge is -2.29. The van der Waals surface area contributed by atoms with E-state index < -0.39 is 206 Å². The van der Waals surface area contributed by atoms with Gasteiger partial charge in [-0.3, -0.25) is 62.3 Å². The fourth-order valence-corrected chi connectivity index (χ4v) is 17.8. The normalized spacial score (nSPS) is 17.4. The average molecular weight is 2040 g/mol. The molecule has 0 bridgehead atoms. The van der Waals surface area contributed by atoms with E-state index in [1.54, 1.807) is 60.7 Å². The zero-order chi connectivity index (χ0) is 107. The topological polar surface area (TPSA) is 643 Å². The van der Waals surface area contributed by atoms with Gasteiger partial charge in [-0.2, -0.15) is 0 Å². The maximum Gasteiger partial charge on any atom is 0.328 e. The van der Waals surface area contributed by atoms with Gasteiger partial charge in [-0.25, -0.2) is 14.4 Å². The summed E-state index contributed by atoms with van der Waals surface area (Å²) in [6, 6.07) is 59.3. The fraction of sp³-hybridized carbons (Fsp3) is 0.407. The van der Waals surface area contributed by atoms with Gasteiger partial charge in [0.25, 0.3) is 0 Å². The van der Waals surface area contributed by atoms with Gasteiger partial charge in [-0.15, -0.1) is 0 Å². The summed E-state index contributed by atoms with van der Waals surface area (Å²) < 4.78 is 0. The minimum absolute atomic E-state index is 0.0100. The largest absolute Gasteiger partial charge is 0.481 e. The highest BCUT2D eigenvalue weighted by Gasteiger charge is 2.43. The first-order valence-electron chi connectivity index (χ1n) is 49.5. The monoisotopic (exact) mass is 2040 g/mol. The number of carboxylic acid groups (broad SMARTS) is 4. The molecule has 8 aromatic carbocycles. The van der Waals surface area contributed by atoms with Crippen molar-refractivity contribution >= 4 is 94.8 Å². The Hall–Kier alpha value is -15.0. The Labute approximate surface area is 857 Å². The first-order valence-corrected chi connectivity index (χ1v) is 49.5. The van der Waals surface area contributed by atoms with Gasteiger partial charge in [0.05, 0.1) is 44.9 Å². The molecule has 148 heavy (non-hydrogen) atoms. The van der Waals surface area contributed by atoms with Crippen molar-refractivity contribution in [2.75, 3.05) is 52.6 Å². The van der Waals surface area contributed by atoms with E-state index in [0.717, 1.165) is 68.8 Å². The van der Waals surface area contributed by atoms with Gasteiger partial charge in [0.15, 0.2) is 0 Å². The van der Waals surface area contributed by atoms with Crippen molar-refractivity contribution in [3.63, 3.8) is 0 Å². The lowest BCUT2D eigenvalue weighted by atomic mass is 10.0. The molecule has 8 aromatic rings. The lowest BCUT2D eigenvalue weighted by Crippen LogP contribution is -2.57. The number of nitrogens with two attached hydrogens (primary N) is 3. The Kier molecular flexibility index (Phi) is 48.4. The maximum atomic E-state index is 13.2.